The molecule has 2 N–H and O–H groups in total. The summed E-state index contributed by atoms with van der Waals surface area (Å²) in [6.07, 6.45) is 7.86. The lowest BCUT2D eigenvalue weighted by Gasteiger charge is -2.37. The molecule has 0 saturated carbocycles. The maximum absolute atomic E-state index is 12.0. The minimum Gasteiger partial charge on any atom is -0.369 e. The molecule has 2 atom stereocenters. The molecule has 1 aromatic carbocycles. The van der Waals surface area contributed by atoms with Crippen LogP contribution in [0.1, 0.15) is 11.1 Å². The molecule has 0 spiro atoms. The number of carbonyl (C=O) groups excluding carboxylic acids is 1. The van der Waals surface area contributed by atoms with Crippen LogP contribution in [-0.2, 0) is 10.2 Å². The van der Waals surface area contributed by atoms with Gasteiger partial charge in [-0.3, -0.25) is 4.79 Å². The molecule has 1 heterocycles. The van der Waals surface area contributed by atoms with Crippen LogP contribution in [-0.4, -0.2) is 5.91 Å². The van der Waals surface area contributed by atoms with Crippen molar-refractivity contribution in [3.8, 4) is 0 Å². The predicted octanol–water partition coefficient (Wildman–Crippen LogP) is 3.26. The first kappa shape index (κ1) is 12.9. The molecule has 1 aliphatic rings. The molecule has 3 heteroatoms. The van der Waals surface area contributed by atoms with Crippen LogP contribution in [0.2, 0.25) is 0 Å². The van der Waals surface area contributed by atoms with Crippen molar-refractivity contribution in [2.45, 2.75) is 5.41 Å². The van der Waals surface area contributed by atoms with Crippen LogP contribution in [0.4, 0.5) is 0 Å². The number of thiophene rings is 1. The standard InChI is InChI=1S/C17H15NOS/c18-16(19)15-8-4-5-10-17(15,14-9-11-20-12-14)13-6-2-1-3-7-13/h1-12,15H,(H2,18,19). The summed E-state index contributed by atoms with van der Waals surface area (Å²) in [4.78, 5) is 12.0. The van der Waals surface area contributed by atoms with E-state index in [1.54, 1.807) is 11.3 Å². The quantitative estimate of drug-likeness (QED) is 0.922. The maximum Gasteiger partial charge on any atom is 0.225 e. The van der Waals surface area contributed by atoms with Gasteiger partial charge in [0, 0.05) is 0 Å². The summed E-state index contributed by atoms with van der Waals surface area (Å²) in [5, 5.41) is 4.12. The van der Waals surface area contributed by atoms with Crippen LogP contribution in [0.3, 0.4) is 0 Å². The number of rotatable bonds is 3. The Morgan fingerprint density at radius 2 is 1.90 bits per heavy atom. The van der Waals surface area contributed by atoms with Gasteiger partial charge in [-0.05, 0) is 28.0 Å². The van der Waals surface area contributed by atoms with Gasteiger partial charge in [-0.1, -0.05) is 54.6 Å². The molecule has 0 fully saturated rings. The first-order chi connectivity index (χ1) is 9.75. The van der Waals surface area contributed by atoms with Crippen molar-refractivity contribution in [1.29, 1.82) is 0 Å². The molecule has 0 aliphatic heterocycles. The van der Waals surface area contributed by atoms with E-state index in [1.807, 2.05) is 41.8 Å². The van der Waals surface area contributed by atoms with Crippen molar-refractivity contribution in [3.63, 3.8) is 0 Å². The Bertz CT molecular complexity index is 658. The maximum atomic E-state index is 12.0. The van der Waals surface area contributed by atoms with Gasteiger partial charge < -0.3 is 5.73 Å². The Labute approximate surface area is 122 Å². The highest BCUT2D eigenvalue weighted by Crippen LogP contribution is 2.43. The fraction of sp³-hybridized carbons (Fsp3) is 0.118. The van der Waals surface area contributed by atoms with E-state index in [-0.39, 0.29) is 11.8 Å². The number of amides is 1. The summed E-state index contributed by atoms with van der Waals surface area (Å²) in [6.45, 7) is 0. The molecule has 2 aromatic rings. The third-order valence-corrected chi connectivity index (χ3v) is 4.50. The molecule has 100 valence electrons. The lowest BCUT2D eigenvalue weighted by molar-refractivity contribution is -0.121. The predicted molar refractivity (Wildman–Crippen MR) is 82.5 cm³/mol. The second-order valence-electron chi connectivity index (χ2n) is 4.87. The molecular weight excluding hydrogens is 266 g/mol. The highest BCUT2D eigenvalue weighted by molar-refractivity contribution is 7.08. The number of allylic oxidation sites excluding steroid dienone is 3. The van der Waals surface area contributed by atoms with Gasteiger partial charge in [-0.2, -0.15) is 11.3 Å². The van der Waals surface area contributed by atoms with Crippen molar-refractivity contribution in [1.82, 2.24) is 0 Å². The average Bonchev–Trinajstić information content (AvgIpc) is 3.02. The zero-order valence-electron chi connectivity index (χ0n) is 10.9. The number of hydrogen-bond acceptors (Lipinski definition) is 2. The van der Waals surface area contributed by atoms with Gasteiger partial charge in [0.15, 0.2) is 0 Å². The lowest BCUT2D eigenvalue weighted by Crippen LogP contribution is -2.42. The van der Waals surface area contributed by atoms with Gasteiger partial charge in [-0.15, -0.1) is 0 Å². The van der Waals surface area contributed by atoms with Crippen molar-refractivity contribution in [2.24, 2.45) is 11.7 Å². The van der Waals surface area contributed by atoms with Crippen LogP contribution in [0.25, 0.3) is 0 Å². The Hall–Kier alpha value is -2.13. The zero-order chi connectivity index (χ0) is 14.0. The largest absolute Gasteiger partial charge is 0.369 e. The summed E-state index contributed by atoms with van der Waals surface area (Å²) < 4.78 is 0. The molecule has 0 radical (unpaired) electrons. The van der Waals surface area contributed by atoms with Crippen LogP contribution < -0.4 is 5.73 Å². The van der Waals surface area contributed by atoms with Crippen molar-refractivity contribution >= 4 is 17.2 Å². The Morgan fingerprint density at radius 3 is 2.55 bits per heavy atom. The van der Waals surface area contributed by atoms with Crippen molar-refractivity contribution < 1.29 is 4.79 Å². The number of benzene rings is 1. The fourth-order valence-corrected chi connectivity index (χ4v) is 3.61. The highest BCUT2D eigenvalue weighted by atomic mass is 32.1. The number of carbonyl (C=O) groups is 1. The molecule has 1 aliphatic carbocycles. The smallest absolute Gasteiger partial charge is 0.225 e. The summed E-state index contributed by atoms with van der Waals surface area (Å²) in [5.41, 5.74) is 7.36. The molecule has 1 amide bonds. The van der Waals surface area contributed by atoms with Crippen LogP contribution >= 0.6 is 11.3 Å². The second-order valence-corrected chi connectivity index (χ2v) is 5.65. The number of hydrogen-bond donors (Lipinski definition) is 1. The molecular formula is C17H15NOS. The van der Waals surface area contributed by atoms with E-state index in [2.05, 4.69) is 29.7 Å². The van der Waals surface area contributed by atoms with Crippen LogP contribution in [0, 0.1) is 5.92 Å². The van der Waals surface area contributed by atoms with E-state index in [1.165, 1.54) is 0 Å². The van der Waals surface area contributed by atoms with Gasteiger partial charge >= 0.3 is 0 Å². The van der Waals surface area contributed by atoms with E-state index in [4.69, 9.17) is 5.73 Å². The van der Waals surface area contributed by atoms with Gasteiger partial charge in [0.1, 0.15) is 0 Å². The fourth-order valence-electron chi connectivity index (χ4n) is 2.89. The zero-order valence-corrected chi connectivity index (χ0v) is 11.7. The Kier molecular flexibility index (Phi) is 3.28. The molecule has 0 bridgehead atoms. The summed E-state index contributed by atoms with van der Waals surface area (Å²) in [5.74, 6) is -0.676. The third kappa shape index (κ3) is 1.91. The molecule has 3 rings (SSSR count). The van der Waals surface area contributed by atoms with Crippen molar-refractivity contribution in [3.05, 3.63) is 82.6 Å². The minimum absolute atomic E-state index is 0.305. The molecule has 0 saturated heterocycles. The summed E-state index contributed by atoms with van der Waals surface area (Å²) in [7, 11) is 0. The van der Waals surface area contributed by atoms with E-state index in [9.17, 15) is 4.79 Å². The van der Waals surface area contributed by atoms with Gasteiger partial charge in [0.2, 0.25) is 5.91 Å². The second kappa shape index (κ2) is 5.10. The summed E-state index contributed by atoms with van der Waals surface area (Å²) >= 11 is 1.63. The molecule has 2 nitrogen and oxygen atoms in total. The third-order valence-electron chi connectivity index (χ3n) is 3.82. The first-order valence-corrected chi connectivity index (χ1v) is 7.43. The van der Waals surface area contributed by atoms with E-state index in [0.717, 1.165) is 11.1 Å². The summed E-state index contributed by atoms with van der Waals surface area (Å²) in [6, 6.07) is 12.1. The number of nitrogens with two attached hydrogens (primary N) is 1. The van der Waals surface area contributed by atoms with Gasteiger partial charge in [0.05, 0.1) is 11.3 Å². The van der Waals surface area contributed by atoms with Gasteiger partial charge in [0.25, 0.3) is 0 Å². The van der Waals surface area contributed by atoms with Crippen molar-refractivity contribution in [2.75, 3.05) is 0 Å². The Balaban J connectivity index is 2.26. The lowest BCUT2D eigenvalue weighted by atomic mass is 9.64. The first-order valence-electron chi connectivity index (χ1n) is 6.48. The van der Waals surface area contributed by atoms with Crippen LogP contribution in [0.5, 0.6) is 0 Å². The van der Waals surface area contributed by atoms with E-state index in [0.29, 0.717) is 0 Å². The molecule has 20 heavy (non-hydrogen) atoms. The van der Waals surface area contributed by atoms with Gasteiger partial charge in [-0.25, -0.2) is 0 Å². The average molecular weight is 281 g/mol. The SMILES string of the molecule is NC(=O)C1C=CC=CC1(c1ccccc1)c1ccsc1. The molecule has 1 aromatic heterocycles. The van der Waals surface area contributed by atoms with E-state index < -0.39 is 5.41 Å². The number of primary amides is 1. The molecule has 2 unspecified atom stereocenters. The highest BCUT2D eigenvalue weighted by Gasteiger charge is 2.42. The normalized spacial score (nSPS) is 24.7. The topological polar surface area (TPSA) is 43.1 Å². The van der Waals surface area contributed by atoms with E-state index >= 15 is 0 Å². The monoisotopic (exact) mass is 281 g/mol. The minimum atomic E-state index is -0.498. The van der Waals surface area contributed by atoms with Crippen LogP contribution in [0.15, 0.2) is 71.5 Å². The Morgan fingerprint density at radius 1 is 1.10 bits per heavy atom.